The van der Waals surface area contributed by atoms with Gasteiger partial charge in [0.15, 0.2) is 0 Å². The Morgan fingerprint density at radius 1 is 1.47 bits per heavy atom. The lowest BCUT2D eigenvalue weighted by molar-refractivity contribution is -0.143. The van der Waals surface area contributed by atoms with Gasteiger partial charge in [-0.3, -0.25) is 9.59 Å². The van der Waals surface area contributed by atoms with Gasteiger partial charge in [-0.2, -0.15) is 0 Å². The molecule has 1 fully saturated rings. The molecular weight excluding hydrogens is 200 g/mol. The van der Waals surface area contributed by atoms with Crippen molar-refractivity contribution >= 4 is 11.9 Å². The first-order valence-electron chi connectivity index (χ1n) is 4.89. The van der Waals surface area contributed by atoms with Crippen LogP contribution in [0.3, 0.4) is 0 Å². The summed E-state index contributed by atoms with van der Waals surface area (Å²) < 4.78 is 4.91. The highest BCUT2D eigenvalue weighted by atomic mass is 16.5. The number of hydrogen-bond donors (Lipinski definition) is 3. The molecule has 0 aromatic carbocycles. The van der Waals surface area contributed by atoms with Gasteiger partial charge in [0.05, 0.1) is 12.0 Å². The minimum atomic E-state index is -0.842. The fourth-order valence-corrected chi connectivity index (χ4v) is 1.18. The number of carboxylic acids is 1. The van der Waals surface area contributed by atoms with Crippen LogP contribution in [0.2, 0.25) is 0 Å². The van der Waals surface area contributed by atoms with E-state index in [0.29, 0.717) is 26.0 Å². The maximum atomic E-state index is 11.1. The van der Waals surface area contributed by atoms with Crippen molar-refractivity contribution in [3.63, 3.8) is 0 Å². The normalized spacial score (nSPS) is 17.1. The smallest absolute Gasteiger partial charge is 0.311 e. The van der Waals surface area contributed by atoms with Crippen molar-refractivity contribution in [1.29, 1.82) is 0 Å². The Hall–Kier alpha value is -1.14. The van der Waals surface area contributed by atoms with Gasteiger partial charge in [-0.1, -0.05) is 0 Å². The summed E-state index contributed by atoms with van der Waals surface area (Å²) in [4.78, 5) is 21.9. The zero-order chi connectivity index (χ0) is 11.3. The minimum absolute atomic E-state index is 0.0626. The van der Waals surface area contributed by atoms with E-state index in [1.54, 1.807) is 0 Å². The Morgan fingerprint density at radius 3 is 2.60 bits per heavy atom. The predicted octanol–water partition coefficient (Wildman–Crippen LogP) is -1.06. The number of hydrogen-bond acceptors (Lipinski definition) is 4. The molecule has 0 bridgehead atoms. The van der Waals surface area contributed by atoms with Crippen LogP contribution in [-0.4, -0.2) is 43.3 Å². The van der Waals surface area contributed by atoms with Crippen molar-refractivity contribution in [2.24, 2.45) is 11.1 Å². The largest absolute Gasteiger partial charge is 0.481 e. The lowest BCUT2D eigenvalue weighted by Crippen LogP contribution is -2.36. The highest BCUT2D eigenvalue weighted by molar-refractivity contribution is 5.81. The van der Waals surface area contributed by atoms with Crippen LogP contribution in [0.25, 0.3) is 0 Å². The number of carbonyl (C=O) groups is 2. The van der Waals surface area contributed by atoms with Crippen molar-refractivity contribution in [1.82, 2.24) is 5.32 Å². The summed E-state index contributed by atoms with van der Waals surface area (Å²) in [5.74, 6) is -1.14. The Morgan fingerprint density at radius 2 is 2.13 bits per heavy atom. The van der Waals surface area contributed by atoms with E-state index in [1.807, 2.05) is 0 Å². The quantitative estimate of drug-likeness (QED) is 0.471. The van der Waals surface area contributed by atoms with Crippen molar-refractivity contribution < 1.29 is 19.4 Å². The van der Waals surface area contributed by atoms with Crippen LogP contribution in [0.5, 0.6) is 0 Å². The van der Waals surface area contributed by atoms with Crippen LogP contribution in [0, 0.1) is 5.41 Å². The molecule has 0 spiro atoms. The highest BCUT2D eigenvalue weighted by Gasteiger charge is 2.50. The zero-order valence-corrected chi connectivity index (χ0v) is 8.49. The maximum Gasteiger partial charge on any atom is 0.311 e. The molecule has 0 atom stereocenters. The first-order valence-corrected chi connectivity index (χ1v) is 4.89. The average molecular weight is 216 g/mol. The summed E-state index contributed by atoms with van der Waals surface area (Å²) in [6.45, 7) is 0.823. The van der Waals surface area contributed by atoms with Crippen molar-refractivity contribution in [2.45, 2.75) is 12.8 Å². The van der Waals surface area contributed by atoms with Gasteiger partial charge in [0.2, 0.25) is 5.91 Å². The van der Waals surface area contributed by atoms with Gasteiger partial charge in [-0.05, 0) is 12.8 Å². The second-order valence-corrected chi connectivity index (χ2v) is 3.70. The summed E-state index contributed by atoms with van der Waals surface area (Å²) in [5.41, 5.74) is 4.45. The lowest BCUT2D eigenvalue weighted by atomic mass is 10.1. The van der Waals surface area contributed by atoms with E-state index in [-0.39, 0.29) is 19.1 Å². The third-order valence-corrected chi connectivity index (χ3v) is 2.43. The third-order valence-electron chi connectivity index (χ3n) is 2.43. The van der Waals surface area contributed by atoms with Crippen LogP contribution < -0.4 is 11.1 Å². The number of carboxylic acid groups (broad SMARTS) is 1. The van der Waals surface area contributed by atoms with E-state index in [9.17, 15) is 9.59 Å². The van der Waals surface area contributed by atoms with Gasteiger partial charge in [0.1, 0.15) is 6.61 Å². The van der Waals surface area contributed by atoms with E-state index in [0.717, 1.165) is 0 Å². The molecule has 1 saturated carbocycles. The van der Waals surface area contributed by atoms with E-state index >= 15 is 0 Å². The van der Waals surface area contributed by atoms with Gasteiger partial charge in [0.25, 0.3) is 0 Å². The molecule has 0 radical (unpaired) electrons. The predicted molar refractivity (Wildman–Crippen MR) is 52.2 cm³/mol. The molecule has 1 rings (SSSR count). The molecule has 15 heavy (non-hydrogen) atoms. The molecule has 4 N–H and O–H groups in total. The van der Waals surface area contributed by atoms with Crippen molar-refractivity contribution in [3.05, 3.63) is 0 Å². The molecule has 0 aromatic heterocycles. The topological polar surface area (TPSA) is 102 Å². The molecule has 0 unspecified atom stereocenters. The van der Waals surface area contributed by atoms with Crippen molar-refractivity contribution in [2.75, 3.05) is 26.3 Å². The summed E-state index contributed by atoms with van der Waals surface area (Å²) in [5, 5.41) is 11.4. The molecule has 0 aliphatic heterocycles. The van der Waals surface area contributed by atoms with Crippen LogP contribution in [0.15, 0.2) is 0 Å². The van der Waals surface area contributed by atoms with Crippen molar-refractivity contribution in [3.8, 4) is 0 Å². The Bertz CT molecular complexity index is 250. The molecule has 1 aliphatic carbocycles. The highest BCUT2D eigenvalue weighted by Crippen LogP contribution is 2.45. The summed E-state index contributed by atoms with van der Waals surface area (Å²) >= 11 is 0. The molecule has 6 heteroatoms. The first-order chi connectivity index (χ1) is 7.10. The van der Waals surface area contributed by atoms with Crippen LogP contribution in [0.4, 0.5) is 0 Å². The third kappa shape index (κ3) is 3.49. The van der Waals surface area contributed by atoms with E-state index in [1.165, 1.54) is 0 Å². The van der Waals surface area contributed by atoms with Gasteiger partial charge >= 0.3 is 5.97 Å². The SMILES string of the molecule is NCCOCC(=O)NCC1(C(=O)O)CC1. The molecule has 0 aromatic rings. The maximum absolute atomic E-state index is 11.1. The van der Waals surface area contributed by atoms with Gasteiger partial charge in [0, 0.05) is 13.1 Å². The Kier molecular flexibility index (Phi) is 4.05. The van der Waals surface area contributed by atoms with Crippen LogP contribution >= 0.6 is 0 Å². The number of nitrogens with two attached hydrogens (primary N) is 1. The fraction of sp³-hybridized carbons (Fsp3) is 0.778. The van der Waals surface area contributed by atoms with Crippen LogP contribution in [0.1, 0.15) is 12.8 Å². The lowest BCUT2D eigenvalue weighted by Gasteiger charge is -2.10. The van der Waals surface area contributed by atoms with Gasteiger partial charge in [-0.25, -0.2) is 0 Å². The first kappa shape index (κ1) is 11.9. The molecule has 0 saturated heterocycles. The second-order valence-electron chi connectivity index (χ2n) is 3.70. The van der Waals surface area contributed by atoms with Crippen LogP contribution in [-0.2, 0) is 14.3 Å². The fourth-order valence-electron chi connectivity index (χ4n) is 1.18. The molecule has 86 valence electrons. The summed E-state index contributed by atoms with van der Waals surface area (Å²) in [6.07, 6.45) is 1.26. The Balaban J connectivity index is 2.14. The van der Waals surface area contributed by atoms with E-state index in [4.69, 9.17) is 15.6 Å². The Labute approximate surface area is 87.8 Å². The average Bonchev–Trinajstić information content (AvgIpc) is 2.96. The number of amides is 1. The summed E-state index contributed by atoms with van der Waals surface area (Å²) in [7, 11) is 0. The molecule has 1 aliphatic rings. The number of nitrogens with one attached hydrogen (secondary N) is 1. The molecular formula is C9H16N2O4. The molecule has 6 nitrogen and oxygen atoms in total. The number of aliphatic carboxylic acids is 1. The number of ether oxygens (including phenoxy) is 1. The monoisotopic (exact) mass is 216 g/mol. The number of carbonyl (C=O) groups excluding carboxylic acids is 1. The summed E-state index contributed by atoms with van der Waals surface area (Å²) in [6, 6.07) is 0. The molecule has 1 amide bonds. The minimum Gasteiger partial charge on any atom is -0.481 e. The van der Waals surface area contributed by atoms with E-state index < -0.39 is 11.4 Å². The van der Waals surface area contributed by atoms with Gasteiger partial charge < -0.3 is 20.9 Å². The second kappa shape index (κ2) is 5.09. The zero-order valence-electron chi connectivity index (χ0n) is 8.49. The number of rotatable bonds is 7. The van der Waals surface area contributed by atoms with Gasteiger partial charge in [-0.15, -0.1) is 0 Å². The molecule has 0 heterocycles. The van der Waals surface area contributed by atoms with E-state index in [2.05, 4.69) is 5.32 Å². The standard InChI is InChI=1S/C9H16N2O4/c10-3-4-15-5-7(12)11-6-9(1-2-9)8(13)14/h1-6,10H2,(H,11,12)(H,13,14).